The van der Waals surface area contributed by atoms with E-state index in [4.69, 9.17) is 0 Å². The first-order valence-corrected chi connectivity index (χ1v) is 7.15. The summed E-state index contributed by atoms with van der Waals surface area (Å²) in [4.78, 5) is 14.1. The van der Waals surface area contributed by atoms with Gasteiger partial charge in [0.2, 0.25) is 5.91 Å². The molecule has 0 saturated carbocycles. The van der Waals surface area contributed by atoms with E-state index in [1.54, 1.807) is 0 Å². The van der Waals surface area contributed by atoms with Crippen molar-refractivity contribution in [2.24, 2.45) is 0 Å². The number of nitrogens with zero attached hydrogens (tertiary/aromatic N) is 1. The van der Waals surface area contributed by atoms with E-state index >= 15 is 0 Å². The fourth-order valence-electron chi connectivity index (χ4n) is 2.33. The van der Waals surface area contributed by atoms with Crippen LogP contribution in [0, 0.1) is 0 Å². The zero-order valence-corrected chi connectivity index (χ0v) is 11.6. The zero-order valence-electron chi connectivity index (χ0n) is 11.6. The molecule has 1 heterocycles. The second kappa shape index (κ2) is 7.14. The van der Waals surface area contributed by atoms with Gasteiger partial charge in [0.15, 0.2) is 0 Å². The van der Waals surface area contributed by atoms with Crippen LogP contribution in [0.25, 0.3) is 0 Å². The van der Waals surface area contributed by atoms with Gasteiger partial charge in [-0.3, -0.25) is 4.79 Å². The minimum Gasteiger partial charge on any atom is -0.372 e. The van der Waals surface area contributed by atoms with Crippen LogP contribution in [-0.2, 0) is 4.79 Å². The van der Waals surface area contributed by atoms with Crippen molar-refractivity contribution in [1.82, 2.24) is 5.32 Å². The van der Waals surface area contributed by atoms with Crippen molar-refractivity contribution in [3.05, 3.63) is 24.3 Å². The number of amides is 1. The Morgan fingerprint density at radius 1 is 1.21 bits per heavy atom. The molecule has 1 aromatic rings. The Labute approximate surface area is 115 Å². The Hall–Kier alpha value is -1.55. The van der Waals surface area contributed by atoms with Crippen molar-refractivity contribution >= 4 is 17.3 Å². The summed E-state index contributed by atoms with van der Waals surface area (Å²) in [6, 6.07) is 8.15. The summed E-state index contributed by atoms with van der Waals surface area (Å²) in [5, 5.41) is 6.06. The molecule has 1 aliphatic heterocycles. The molecular weight excluding hydrogens is 238 g/mol. The Kier molecular flexibility index (Phi) is 5.21. The highest BCUT2D eigenvalue weighted by molar-refractivity contribution is 5.91. The fourth-order valence-corrected chi connectivity index (χ4v) is 2.33. The molecule has 0 aromatic heterocycles. The van der Waals surface area contributed by atoms with Crippen molar-refractivity contribution in [2.75, 3.05) is 36.4 Å². The first-order valence-electron chi connectivity index (χ1n) is 7.15. The number of anilines is 2. The number of carbonyl (C=O) groups is 1. The molecule has 1 aliphatic rings. The van der Waals surface area contributed by atoms with Crippen LogP contribution in [0.4, 0.5) is 11.4 Å². The van der Waals surface area contributed by atoms with Crippen LogP contribution in [-0.4, -0.2) is 32.1 Å². The maximum Gasteiger partial charge on any atom is 0.225 e. The molecule has 0 bridgehead atoms. The van der Waals surface area contributed by atoms with Crippen molar-refractivity contribution in [3.8, 4) is 0 Å². The molecule has 1 fully saturated rings. The van der Waals surface area contributed by atoms with Gasteiger partial charge in [-0.05, 0) is 43.7 Å². The minimum absolute atomic E-state index is 0.0647. The van der Waals surface area contributed by atoms with E-state index in [1.807, 2.05) is 19.1 Å². The van der Waals surface area contributed by atoms with Gasteiger partial charge in [-0.2, -0.15) is 0 Å². The van der Waals surface area contributed by atoms with Crippen LogP contribution in [0.5, 0.6) is 0 Å². The molecule has 0 atom stereocenters. The first-order chi connectivity index (χ1) is 9.29. The van der Waals surface area contributed by atoms with Crippen molar-refractivity contribution in [3.63, 3.8) is 0 Å². The molecule has 2 N–H and O–H groups in total. The highest BCUT2D eigenvalue weighted by Gasteiger charge is 2.11. The van der Waals surface area contributed by atoms with Gasteiger partial charge in [0.1, 0.15) is 0 Å². The maximum absolute atomic E-state index is 11.7. The van der Waals surface area contributed by atoms with Gasteiger partial charge < -0.3 is 15.5 Å². The normalized spacial score (nSPS) is 14.7. The summed E-state index contributed by atoms with van der Waals surface area (Å²) in [5.41, 5.74) is 2.13. The Morgan fingerprint density at radius 3 is 2.53 bits per heavy atom. The van der Waals surface area contributed by atoms with Crippen LogP contribution in [0.1, 0.15) is 26.2 Å². The second-order valence-electron chi connectivity index (χ2n) is 4.89. The maximum atomic E-state index is 11.7. The van der Waals surface area contributed by atoms with Gasteiger partial charge >= 0.3 is 0 Å². The van der Waals surface area contributed by atoms with Gasteiger partial charge in [0.25, 0.3) is 0 Å². The predicted molar refractivity (Wildman–Crippen MR) is 79.7 cm³/mol. The number of nitrogens with one attached hydrogen (secondary N) is 2. The number of hydrogen-bond donors (Lipinski definition) is 2. The summed E-state index contributed by atoms with van der Waals surface area (Å²) in [7, 11) is 0. The van der Waals surface area contributed by atoms with Crippen LogP contribution >= 0.6 is 0 Å². The summed E-state index contributed by atoms with van der Waals surface area (Å²) in [5.74, 6) is 0.0647. The van der Waals surface area contributed by atoms with Crippen molar-refractivity contribution < 1.29 is 4.79 Å². The molecule has 0 radical (unpaired) electrons. The largest absolute Gasteiger partial charge is 0.372 e. The summed E-state index contributed by atoms with van der Waals surface area (Å²) >= 11 is 0. The van der Waals surface area contributed by atoms with Crippen molar-refractivity contribution in [2.45, 2.75) is 26.2 Å². The van der Waals surface area contributed by atoms with Crippen molar-refractivity contribution in [1.29, 1.82) is 0 Å². The van der Waals surface area contributed by atoms with Gasteiger partial charge in [-0.15, -0.1) is 0 Å². The summed E-state index contributed by atoms with van der Waals surface area (Å²) < 4.78 is 0. The minimum atomic E-state index is 0.0647. The third-order valence-electron chi connectivity index (χ3n) is 3.40. The topological polar surface area (TPSA) is 44.4 Å². The number of hydrogen-bond acceptors (Lipinski definition) is 3. The Balaban J connectivity index is 1.82. The number of benzene rings is 1. The molecule has 1 saturated heterocycles. The standard InChI is InChI=1S/C15H23N3O/c1-2-16-10-9-15(19)17-13-5-7-14(8-6-13)18-11-3-4-12-18/h5-8,16H,2-4,9-12H2,1H3,(H,17,19). The predicted octanol–water partition coefficient (Wildman–Crippen LogP) is 2.22. The third kappa shape index (κ3) is 4.24. The van der Waals surface area contributed by atoms with Crippen LogP contribution in [0.3, 0.4) is 0 Å². The quantitative estimate of drug-likeness (QED) is 0.772. The first kappa shape index (κ1) is 13.9. The Bertz CT molecular complexity index is 396. The highest BCUT2D eigenvalue weighted by atomic mass is 16.1. The van der Waals surface area contributed by atoms with Gasteiger partial charge in [0, 0.05) is 37.4 Å². The Morgan fingerprint density at radius 2 is 1.89 bits per heavy atom. The van der Waals surface area contributed by atoms with Gasteiger partial charge in [0.05, 0.1) is 0 Å². The van der Waals surface area contributed by atoms with E-state index in [2.05, 4.69) is 27.7 Å². The van der Waals surface area contributed by atoms with E-state index in [-0.39, 0.29) is 5.91 Å². The van der Waals surface area contributed by atoms with Crippen LogP contribution in [0.2, 0.25) is 0 Å². The monoisotopic (exact) mass is 261 g/mol. The molecular formula is C15H23N3O. The molecule has 1 amide bonds. The average Bonchev–Trinajstić information content (AvgIpc) is 2.94. The lowest BCUT2D eigenvalue weighted by molar-refractivity contribution is -0.116. The summed E-state index contributed by atoms with van der Waals surface area (Å²) in [6.07, 6.45) is 3.08. The second-order valence-corrected chi connectivity index (χ2v) is 4.89. The van der Waals surface area contributed by atoms with E-state index in [1.165, 1.54) is 18.5 Å². The van der Waals surface area contributed by atoms with E-state index in [0.717, 1.165) is 31.9 Å². The van der Waals surface area contributed by atoms with Gasteiger partial charge in [-0.1, -0.05) is 6.92 Å². The number of rotatable bonds is 6. The smallest absolute Gasteiger partial charge is 0.225 e. The molecule has 4 heteroatoms. The van der Waals surface area contributed by atoms with Crippen LogP contribution < -0.4 is 15.5 Å². The fraction of sp³-hybridized carbons (Fsp3) is 0.533. The van der Waals surface area contributed by atoms with Crippen LogP contribution in [0.15, 0.2) is 24.3 Å². The molecule has 0 aliphatic carbocycles. The van der Waals surface area contributed by atoms with E-state index < -0.39 is 0 Å². The van der Waals surface area contributed by atoms with E-state index in [0.29, 0.717) is 6.42 Å². The SMILES string of the molecule is CCNCCC(=O)Nc1ccc(N2CCCC2)cc1. The lowest BCUT2D eigenvalue weighted by atomic mass is 10.2. The molecule has 0 spiro atoms. The molecule has 104 valence electrons. The third-order valence-corrected chi connectivity index (χ3v) is 3.40. The highest BCUT2D eigenvalue weighted by Crippen LogP contribution is 2.21. The molecule has 1 aromatic carbocycles. The average molecular weight is 261 g/mol. The molecule has 4 nitrogen and oxygen atoms in total. The molecule has 2 rings (SSSR count). The summed E-state index contributed by atoms with van der Waals surface area (Å²) in [6.45, 7) is 5.96. The lowest BCUT2D eigenvalue weighted by Gasteiger charge is -2.17. The zero-order chi connectivity index (χ0) is 13.5. The number of carbonyl (C=O) groups excluding carboxylic acids is 1. The lowest BCUT2D eigenvalue weighted by Crippen LogP contribution is -2.21. The van der Waals surface area contributed by atoms with Gasteiger partial charge in [-0.25, -0.2) is 0 Å². The molecule has 19 heavy (non-hydrogen) atoms. The van der Waals surface area contributed by atoms with E-state index in [9.17, 15) is 4.79 Å². The molecule has 0 unspecified atom stereocenters.